The fraction of sp³-hybridized carbons (Fsp3) is 0.400. The number of hydrogen-bond donors (Lipinski definition) is 1. The molecule has 0 unspecified atom stereocenters. The molecule has 11 heteroatoms. The van der Waals surface area contributed by atoms with Gasteiger partial charge in [0, 0.05) is 12.2 Å². The SMILES string of the molecule is Cc1cnc2c(C#N)c(-c3ncc(S(=O)(=O)NC(CF)CF)cn3)n(C3CCC3)c2c1. The van der Waals surface area contributed by atoms with Crippen LogP contribution in [0.4, 0.5) is 8.78 Å². The first kappa shape index (κ1) is 21.3. The summed E-state index contributed by atoms with van der Waals surface area (Å²) in [5.74, 6) is 0.186. The molecule has 3 aromatic heterocycles. The number of sulfonamides is 1. The summed E-state index contributed by atoms with van der Waals surface area (Å²) in [7, 11) is -4.19. The average molecular weight is 446 g/mol. The number of alkyl halides is 2. The third kappa shape index (κ3) is 3.77. The number of halogens is 2. The van der Waals surface area contributed by atoms with E-state index in [9.17, 15) is 22.5 Å². The fourth-order valence-electron chi connectivity index (χ4n) is 3.60. The van der Waals surface area contributed by atoms with Crippen molar-refractivity contribution in [2.75, 3.05) is 13.3 Å². The normalized spacial score (nSPS) is 14.7. The molecule has 0 spiro atoms. The van der Waals surface area contributed by atoms with Crippen LogP contribution in [-0.4, -0.2) is 47.3 Å². The molecule has 1 fully saturated rings. The Kier molecular flexibility index (Phi) is 5.68. The number of nitrogens with zero attached hydrogens (tertiary/aromatic N) is 5. The minimum atomic E-state index is -4.19. The Morgan fingerprint density at radius 3 is 2.45 bits per heavy atom. The van der Waals surface area contributed by atoms with E-state index in [0.717, 1.165) is 42.7 Å². The molecule has 0 aliphatic heterocycles. The van der Waals surface area contributed by atoms with Gasteiger partial charge in [0.1, 0.15) is 41.1 Å². The van der Waals surface area contributed by atoms with Gasteiger partial charge in [-0.1, -0.05) is 0 Å². The van der Waals surface area contributed by atoms with Gasteiger partial charge in [-0.05, 0) is 37.8 Å². The highest BCUT2D eigenvalue weighted by atomic mass is 32.2. The molecule has 162 valence electrons. The average Bonchev–Trinajstić information content (AvgIpc) is 3.04. The van der Waals surface area contributed by atoms with Crippen molar-refractivity contribution < 1.29 is 17.2 Å². The summed E-state index contributed by atoms with van der Waals surface area (Å²) < 4.78 is 54.1. The van der Waals surface area contributed by atoms with Crippen LogP contribution in [0.25, 0.3) is 22.6 Å². The minimum absolute atomic E-state index is 0.173. The highest BCUT2D eigenvalue weighted by Crippen LogP contribution is 2.41. The zero-order valence-corrected chi connectivity index (χ0v) is 17.5. The molecule has 3 aromatic rings. The molecular formula is C20H20F2N6O2S. The van der Waals surface area contributed by atoms with Gasteiger partial charge < -0.3 is 4.57 Å². The lowest BCUT2D eigenvalue weighted by atomic mass is 9.92. The lowest BCUT2D eigenvalue weighted by Gasteiger charge is -2.29. The van der Waals surface area contributed by atoms with Crippen LogP contribution >= 0.6 is 0 Å². The molecule has 1 aliphatic rings. The van der Waals surface area contributed by atoms with Crippen molar-refractivity contribution in [3.63, 3.8) is 0 Å². The summed E-state index contributed by atoms with van der Waals surface area (Å²) in [5, 5.41) is 9.83. The summed E-state index contributed by atoms with van der Waals surface area (Å²) in [6.07, 6.45) is 6.78. The van der Waals surface area contributed by atoms with Crippen molar-refractivity contribution in [3.8, 4) is 17.6 Å². The Morgan fingerprint density at radius 1 is 1.23 bits per heavy atom. The molecular weight excluding hydrogens is 426 g/mol. The van der Waals surface area contributed by atoms with Gasteiger partial charge in [-0.25, -0.2) is 31.9 Å². The monoisotopic (exact) mass is 446 g/mol. The second kappa shape index (κ2) is 8.28. The minimum Gasteiger partial charge on any atom is -0.332 e. The number of fused-ring (bicyclic) bond motifs is 1. The van der Waals surface area contributed by atoms with E-state index >= 15 is 0 Å². The molecule has 1 aliphatic carbocycles. The maximum Gasteiger partial charge on any atom is 0.244 e. The zero-order valence-electron chi connectivity index (χ0n) is 16.7. The van der Waals surface area contributed by atoms with E-state index in [0.29, 0.717) is 16.8 Å². The smallest absolute Gasteiger partial charge is 0.244 e. The first-order valence-electron chi connectivity index (χ1n) is 9.77. The molecule has 1 saturated carbocycles. The standard InChI is InChI=1S/C20H20F2N6O2S/c1-12-5-17-18(24-9-12)16(8-23)19(28(17)14-3-2-4-14)20-25-10-15(11-26-20)31(29,30)27-13(6-21)7-22/h5,9-11,13-14,27H,2-4,6-7H2,1H3. The topological polar surface area (TPSA) is 114 Å². The number of nitrogens with one attached hydrogen (secondary N) is 1. The molecule has 4 rings (SSSR count). The van der Waals surface area contributed by atoms with Crippen LogP contribution in [0.5, 0.6) is 0 Å². The van der Waals surface area contributed by atoms with E-state index in [1.807, 2.05) is 22.3 Å². The highest BCUT2D eigenvalue weighted by molar-refractivity contribution is 7.89. The van der Waals surface area contributed by atoms with Gasteiger partial charge in [-0.2, -0.15) is 5.26 Å². The number of nitriles is 1. The van der Waals surface area contributed by atoms with Crippen molar-refractivity contribution in [3.05, 3.63) is 35.8 Å². The van der Waals surface area contributed by atoms with Gasteiger partial charge in [-0.15, -0.1) is 0 Å². The largest absolute Gasteiger partial charge is 0.332 e. The predicted molar refractivity (Wildman–Crippen MR) is 109 cm³/mol. The maximum absolute atomic E-state index is 12.7. The van der Waals surface area contributed by atoms with Gasteiger partial charge in [0.25, 0.3) is 0 Å². The van der Waals surface area contributed by atoms with Crippen LogP contribution in [0.3, 0.4) is 0 Å². The Morgan fingerprint density at radius 2 is 1.90 bits per heavy atom. The van der Waals surface area contributed by atoms with Crippen LogP contribution in [0.2, 0.25) is 0 Å². The highest BCUT2D eigenvalue weighted by Gasteiger charge is 2.30. The van der Waals surface area contributed by atoms with E-state index in [1.165, 1.54) is 0 Å². The number of aryl methyl sites for hydroxylation is 1. The Labute approximate surface area is 178 Å². The Balaban J connectivity index is 1.82. The lowest BCUT2D eigenvalue weighted by Crippen LogP contribution is -2.38. The fourth-order valence-corrected chi connectivity index (χ4v) is 4.69. The number of rotatable bonds is 7. The summed E-state index contributed by atoms with van der Waals surface area (Å²) >= 11 is 0. The number of aromatic nitrogens is 4. The quantitative estimate of drug-likeness (QED) is 0.597. The molecule has 0 atom stereocenters. The molecule has 0 amide bonds. The third-order valence-corrected chi connectivity index (χ3v) is 6.85. The summed E-state index contributed by atoms with van der Waals surface area (Å²) in [4.78, 5) is 12.5. The van der Waals surface area contributed by atoms with Gasteiger partial charge in [0.15, 0.2) is 5.82 Å². The van der Waals surface area contributed by atoms with E-state index in [2.05, 4.69) is 21.0 Å². The Bertz CT molecular complexity index is 1260. The van der Waals surface area contributed by atoms with E-state index < -0.39 is 29.4 Å². The molecule has 0 saturated heterocycles. The zero-order chi connectivity index (χ0) is 22.2. The third-order valence-electron chi connectivity index (χ3n) is 5.37. The number of hydrogen-bond acceptors (Lipinski definition) is 6. The van der Waals surface area contributed by atoms with Crippen LogP contribution in [-0.2, 0) is 10.0 Å². The molecule has 31 heavy (non-hydrogen) atoms. The van der Waals surface area contributed by atoms with Crippen LogP contribution in [0.1, 0.15) is 36.4 Å². The second-order valence-corrected chi connectivity index (χ2v) is 9.25. The van der Waals surface area contributed by atoms with E-state index in [1.54, 1.807) is 6.20 Å². The van der Waals surface area contributed by atoms with Gasteiger partial charge in [0.05, 0.1) is 24.0 Å². The first-order valence-corrected chi connectivity index (χ1v) is 11.2. The van der Waals surface area contributed by atoms with Crippen molar-refractivity contribution >= 4 is 21.1 Å². The Hall–Kier alpha value is -2.97. The van der Waals surface area contributed by atoms with Gasteiger partial charge in [0.2, 0.25) is 10.0 Å². The molecule has 0 radical (unpaired) electrons. The number of pyridine rings is 1. The van der Waals surface area contributed by atoms with E-state index in [4.69, 9.17) is 0 Å². The first-order chi connectivity index (χ1) is 14.9. The van der Waals surface area contributed by atoms with Crippen LogP contribution in [0, 0.1) is 18.3 Å². The maximum atomic E-state index is 12.7. The lowest BCUT2D eigenvalue weighted by molar-refractivity contribution is 0.323. The van der Waals surface area contributed by atoms with Gasteiger partial charge >= 0.3 is 0 Å². The summed E-state index contributed by atoms with van der Waals surface area (Å²) in [6, 6.07) is 2.85. The molecule has 0 bridgehead atoms. The van der Waals surface area contributed by atoms with Crippen molar-refractivity contribution in [2.24, 2.45) is 0 Å². The predicted octanol–water partition coefficient (Wildman–Crippen LogP) is 2.98. The summed E-state index contributed by atoms with van der Waals surface area (Å²) in [5.41, 5.74) is 3.12. The molecule has 1 N–H and O–H groups in total. The van der Waals surface area contributed by atoms with Crippen molar-refractivity contribution in [2.45, 2.75) is 43.2 Å². The van der Waals surface area contributed by atoms with Crippen LogP contribution in [0.15, 0.2) is 29.6 Å². The summed E-state index contributed by atoms with van der Waals surface area (Å²) in [6.45, 7) is -0.427. The molecule has 8 nitrogen and oxygen atoms in total. The van der Waals surface area contributed by atoms with Crippen molar-refractivity contribution in [1.29, 1.82) is 5.26 Å². The van der Waals surface area contributed by atoms with E-state index in [-0.39, 0.29) is 16.8 Å². The molecule has 3 heterocycles. The van der Waals surface area contributed by atoms with Gasteiger partial charge in [-0.3, -0.25) is 4.98 Å². The van der Waals surface area contributed by atoms with Crippen molar-refractivity contribution in [1.82, 2.24) is 24.2 Å². The molecule has 0 aromatic carbocycles. The second-order valence-electron chi connectivity index (χ2n) is 7.54. The van der Waals surface area contributed by atoms with Crippen LogP contribution < -0.4 is 4.72 Å².